The van der Waals surface area contributed by atoms with Gasteiger partial charge in [0.25, 0.3) is 0 Å². The van der Waals surface area contributed by atoms with Crippen molar-refractivity contribution in [2.24, 2.45) is 10.3 Å². The van der Waals surface area contributed by atoms with Crippen LogP contribution in [0.4, 0.5) is 5.69 Å². The average molecular weight is 226 g/mol. The number of azide groups is 1. The molecule has 0 heterocycles. The zero-order chi connectivity index (χ0) is 11.6. The zero-order valence-electron chi connectivity index (χ0n) is 8.30. The standard InChI is InChI=1S/C8H10N4O2S/c1-5-3-6(2)8(11-12-9)7(4-5)15(10,13)14/h3-4H,1-2H3,(H2,10,13,14). The van der Waals surface area contributed by atoms with Crippen molar-refractivity contribution >= 4 is 15.7 Å². The van der Waals surface area contributed by atoms with Gasteiger partial charge < -0.3 is 0 Å². The Morgan fingerprint density at radius 1 is 1.40 bits per heavy atom. The second-order valence-electron chi connectivity index (χ2n) is 3.16. The second-order valence-corrected chi connectivity index (χ2v) is 4.69. The van der Waals surface area contributed by atoms with Crippen LogP contribution in [0.1, 0.15) is 11.1 Å². The fourth-order valence-electron chi connectivity index (χ4n) is 1.31. The van der Waals surface area contributed by atoms with Crippen molar-refractivity contribution in [3.05, 3.63) is 33.7 Å². The molecule has 0 bridgehead atoms. The van der Waals surface area contributed by atoms with Crippen LogP contribution < -0.4 is 5.14 Å². The van der Waals surface area contributed by atoms with Crippen molar-refractivity contribution in [2.45, 2.75) is 18.7 Å². The summed E-state index contributed by atoms with van der Waals surface area (Å²) in [5.41, 5.74) is 9.71. The number of nitrogens with two attached hydrogens (primary N) is 1. The van der Waals surface area contributed by atoms with Crippen LogP contribution in [-0.4, -0.2) is 8.42 Å². The quantitative estimate of drug-likeness (QED) is 0.472. The highest BCUT2D eigenvalue weighted by Gasteiger charge is 2.15. The molecule has 7 heteroatoms. The first-order valence-corrected chi connectivity index (χ1v) is 5.60. The summed E-state index contributed by atoms with van der Waals surface area (Å²) in [6.45, 7) is 3.40. The summed E-state index contributed by atoms with van der Waals surface area (Å²) in [5, 5.41) is 8.35. The van der Waals surface area contributed by atoms with Gasteiger partial charge in [-0.1, -0.05) is 11.2 Å². The van der Waals surface area contributed by atoms with Crippen LogP contribution in [0.25, 0.3) is 10.4 Å². The number of hydrogen-bond acceptors (Lipinski definition) is 3. The van der Waals surface area contributed by atoms with E-state index in [2.05, 4.69) is 10.0 Å². The van der Waals surface area contributed by atoms with Crippen LogP contribution in [-0.2, 0) is 10.0 Å². The first-order valence-electron chi connectivity index (χ1n) is 4.05. The SMILES string of the molecule is Cc1cc(C)c(N=[N+]=[N-])c(S(N)(=O)=O)c1. The molecule has 0 aliphatic heterocycles. The molecule has 1 aromatic carbocycles. The molecule has 0 radical (unpaired) electrons. The molecule has 0 aliphatic rings. The topological polar surface area (TPSA) is 109 Å². The van der Waals surface area contributed by atoms with E-state index in [1.807, 2.05) is 0 Å². The Kier molecular flexibility index (Phi) is 2.99. The average Bonchev–Trinajstić information content (AvgIpc) is 2.07. The normalized spacial score (nSPS) is 10.9. The Hall–Kier alpha value is -1.56. The van der Waals surface area contributed by atoms with Crippen LogP contribution >= 0.6 is 0 Å². The Bertz CT molecular complexity index is 544. The van der Waals surface area contributed by atoms with E-state index in [0.29, 0.717) is 5.56 Å². The van der Waals surface area contributed by atoms with Gasteiger partial charge in [0.2, 0.25) is 10.0 Å². The van der Waals surface area contributed by atoms with Crippen LogP contribution in [0.2, 0.25) is 0 Å². The van der Waals surface area contributed by atoms with Crippen LogP contribution in [0.3, 0.4) is 0 Å². The molecule has 6 nitrogen and oxygen atoms in total. The van der Waals surface area contributed by atoms with E-state index in [4.69, 9.17) is 10.7 Å². The minimum absolute atomic E-state index is 0.0607. The van der Waals surface area contributed by atoms with Crippen LogP contribution in [0.5, 0.6) is 0 Å². The van der Waals surface area contributed by atoms with E-state index < -0.39 is 10.0 Å². The fourth-order valence-corrected chi connectivity index (χ4v) is 2.13. The van der Waals surface area contributed by atoms with E-state index in [1.165, 1.54) is 6.07 Å². The number of nitrogens with zero attached hydrogens (tertiary/aromatic N) is 3. The van der Waals surface area contributed by atoms with Crippen molar-refractivity contribution in [3.8, 4) is 0 Å². The fraction of sp³-hybridized carbons (Fsp3) is 0.250. The lowest BCUT2D eigenvalue weighted by Gasteiger charge is -2.07. The van der Waals surface area contributed by atoms with Crippen molar-refractivity contribution in [1.82, 2.24) is 0 Å². The summed E-state index contributed by atoms with van der Waals surface area (Å²) in [7, 11) is -3.87. The lowest BCUT2D eigenvalue weighted by Crippen LogP contribution is -2.13. The van der Waals surface area contributed by atoms with E-state index in [-0.39, 0.29) is 10.6 Å². The van der Waals surface area contributed by atoms with Gasteiger partial charge in [-0.25, -0.2) is 13.6 Å². The summed E-state index contributed by atoms with van der Waals surface area (Å²) in [6.07, 6.45) is 0. The summed E-state index contributed by atoms with van der Waals surface area (Å²) in [4.78, 5) is 2.43. The monoisotopic (exact) mass is 226 g/mol. The third-order valence-electron chi connectivity index (χ3n) is 1.86. The van der Waals surface area contributed by atoms with Crippen molar-refractivity contribution in [1.29, 1.82) is 0 Å². The minimum Gasteiger partial charge on any atom is -0.225 e. The molecule has 0 spiro atoms. The van der Waals surface area contributed by atoms with E-state index in [9.17, 15) is 8.42 Å². The van der Waals surface area contributed by atoms with Gasteiger partial charge in [-0.3, -0.25) is 0 Å². The third kappa shape index (κ3) is 2.47. The number of sulfonamides is 1. The maximum absolute atomic E-state index is 11.2. The van der Waals surface area contributed by atoms with Gasteiger partial charge in [-0.05, 0) is 36.6 Å². The number of hydrogen-bond donors (Lipinski definition) is 1. The highest BCUT2D eigenvalue weighted by Crippen LogP contribution is 2.28. The maximum Gasteiger partial charge on any atom is 0.238 e. The Labute approximate surface area is 87.4 Å². The number of benzene rings is 1. The molecule has 0 aromatic heterocycles. The van der Waals surface area contributed by atoms with Gasteiger partial charge in [-0.2, -0.15) is 0 Å². The predicted octanol–water partition coefficient (Wildman–Crippen LogP) is 1.89. The Balaban J connectivity index is 3.69. The molecule has 0 unspecified atom stereocenters. The van der Waals surface area contributed by atoms with E-state index >= 15 is 0 Å². The predicted molar refractivity (Wildman–Crippen MR) is 56.1 cm³/mol. The van der Waals surface area contributed by atoms with Gasteiger partial charge in [0.1, 0.15) is 0 Å². The summed E-state index contributed by atoms with van der Waals surface area (Å²) >= 11 is 0. The molecule has 1 rings (SSSR count). The molecule has 0 saturated heterocycles. The van der Waals surface area contributed by atoms with E-state index in [1.54, 1.807) is 19.9 Å². The van der Waals surface area contributed by atoms with Crippen molar-refractivity contribution < 1.29 is 8.42 Å². The molecule has 2 N–H and O–H groups in total. The Morgan fingerprint density at radius 2 is 2.00 bits per heavy atom. The zero-order valence-corrected chi connectivity index (χ0v) is 9.11. The first-order chi connectivity index (χ1) is 6.86. The third-order valence-corrected chi connectivity index (χ3v) is 2.79. The molecular weight excluding hydrogens is 216 g/mol. The number of rotatable bonds is 2. The second kappa shape index (κ2) is 3.90. The molecule has 1 aromatic rings. The highest BCUT2D eigenvalue weighted by molar-refractivity contribution is 7.89. The molecule has 0 amide bonds. The maximum atomic E-state index is 11.2. The molecule has 0 fully saturated rings. The number of aryl methyl sites for hydroxylation is 2. The molecule has 80 valence electrons. The summed E-state index contributed by atoms with van der Waals surface area (Å²) in [6, 6.07) is 3.10. The van der Waals surface area contributed by atoms with Crippen molar-refractivity contribution in [2.75, 3.05) is 0 Å². The van der Waals surface area contributed by atoms with Gasteiger partial charge in [0.05, 0.1) is 10.6 Å². The van der Waals surface area contributed by atoms with Gasteiger partial charge in [0.15, 0.2) is 0 Å². The number of primary sulfonamides is 1. The first kappa shape index (κ1) is 11.5. The van der Waals surface area contributed by atoms with Crippen LogP contribution in [0, 0.1) is 13.8 Å². The molecule has 15 heavy (non-hydrogen) atoms. The van der Waals surface area contributed by atoms with Crippen LogP contribution in [0.15, 0.2) is 22.1 Å². The van der Waals surface area contributed by atoms with Gasteiger partial charge >= 0.3 is 0 Å². The summed E-state index contributed by atoms with van der Waals surface area (Å²) < 4.78 is 22.5. The molecular formula is C8H10N4O2S. The smallest absolute Gasteiger partial charge is 0.225 e. The summed E-state index contributed by atoms with van der Waals surface area (Å²) in [5.74, 6) is 0. The molecule has 0 aliphatic carbocycles. The lowest BCUT2D eigenvalue weighted by molar-refractivity contribution is 0.598. The molecule has 0 atom stereocenters. The minimum atomic E-state index is -3.87. The largest absolute Gasteiger partial charge is 0.238 e. The van der Waals surface area contributed by atoms with Gasteiger partial charge in [0, 0.05) is 4.91 Å². The van der Waals surface area contributed by atoms with Crippen molar-refractivity contribution in [3.63, 3.8) is 0 Å². The highest BCUT2D eigenvalue weighted by atomic mass is 32.2. The lowest BCUT2D eigenvalue weighted by atomic mass is 10.1. The van der Waals surface area contributed by atoms with Gasteiger partial charge in [-0.15, -0.1) is 0 Å². The van der Waals surface area contributed by atoms with E-state index in [0.717, 1.165) is 5.56 Å². The molecule has 0 saturated carbocycles. The Morgan fingerprint density at radius 3 is 2.47 bits per heavy atom.